The summed E-state index contributed by atoms with van der Waals surface area (Å²) in [4.78, 5) is 35.2. The van der Waals surface area contributed by atoms with E-state index in [-0.39, 0.29) is 19.0 Å². The lowest BCUT2D eigenvalue weighted by Crippen LogP contribution is -2.37. The number of para-hydroxylation sites is 1. The number of carbonyl (C=O) groups is 3. The van der Waals surface area contributed by atoms with Crippen molar-refractivity contribution >= 4 is 17.6 Å². The van der Waals surface area contributed by atoms with E-state index in [0.29, 0.717) is 17.0 Å². The van der Waals surface area contributed by atoms with Gasteiger partial charge >= 0.3 is 0 Å². The molecule has 2 rings (SSSR count). The summed E-state index contributed by atoms with van der Waals surface area (Å²) >= 11 is 0. The maximum atomic E-state index is 12.4. The van der Waals surface area contributed by atoms with Crippen LogP contribution in [0.5, 0.6) is 0 Å². The molecule has 0 spiro atoms. The number of carbonyl (C=O) groups excluding carboxylic acids is 3. The Morgan fingerprint density at radius 2 is 1.67 bits per heavy atom. The fourth-order valence-corrected chi connectivity index (χ4v) is 2.40. The third-order valence-corrected chi connectivity index (χ3v) is 3.51. The molecule has 0 bridgehead atoms. The van der Waals surface area contributed by atoms with Crippen molar-refractivity contribution in [2.45, 2.75) is 20.8 Å². The first-order chi connectivity index (χ1) is 11.4. The molecule has 0 saturated heterocycles. The topological polar surface area (TPSA) is 93.1 Å². The van der Waals surface area contributed by atoms with E-state index in [0.717, 1.165) is 5.69 Å². The van der Waals surface area contributed by atoms with Gasteiger partial charge < -0.3 is 10.6 Å². The Bertz CT molecular complexity index is 766. The summed E-state index contributed by atoms with van der Waals surface area (Å²) in [6.45, 7) is 5.30. The van der Waals surface area contributed by atoms with Gasteiger partial charge in [0.15, 0.2) is 0 Å². The second-order valence-electron chi connectivity index (χ2n) is 5.36. The molecule has 1 aromatic carbocycles. The number of amides is 2. The van der Waals surface area contributed by atoms with Crippen molar-refractivity contribution in [3.8, 4) is 5.69 Å². The molecule has 24 heavy (non-hydrogen) atoms. The van der Waals surface area contributed by atoms with Gasteiger partial charge in [-0.05, 0) is 26.0 Å². The van der Waals surface area contributed by atoms with Crippen LogP contribution in [0.3, 0.4) is 0 Å². The van der Waals surface area contributed by atoms with Crippen molar-refractivity contribution in [1.82, 2.24) is 20.4 Å². The number of aromatic nitrogens is 2. The van der Waals surface area contributed by atoms with Crippen molar-refractivity contribution < 1.29 is 14.4 Å². The Labute approximate surface area is 140 Å². The summed E-state index contributed by atoms with van der Waals surface area (Å²) in [5.41, 5.74) is 2.23. The van der Waals surface area contributed by atoms with Crippen LogP contribution in [-0.4, -0.2) is 40.5 Å². The molecule has 7 nitrogen and oxygen atoms in total. The summed E-state index contributed by atoms with van der Waals surface area (Å²) in [5, 5.41) is 9.41. The molecule has 0 unspecified atom stereocenters. The lowest BCUT2D eigenvalue weighted by atomic mass is 10.1. The second-order valence-corrected chi connectivity index (χ2v) is 5.36. The Morgan fingerprint density at radius 3 is 2.29 bits per heavy atom. The smallest absolute Gasteiger partial charge is 0.292 e. The van der Waals surface area contributed by atoms with E-state index in [4.69, 9.17) is 0 Å². The molecule has 126 valence electrons. The number of aryl methyl sites for hydroxylation is 1. The van der Waals surface area contributed by atoms with Crippen LogP contribution in [0.15, 0.2) is 30.3 Å². The molecular weight excluding hydrogens is 308 g/mol. The van der Waals surface area contributed by atoms with Gasteiger partial charge in [-0.25, -0.2) is 4.68 Å². The van der Waals surface area contributed by atoms with E-state index in [1.54, 1.807) is 18.5 Å². The van der Waals surface area contributed by atoms with Crippen LogP contribution in [0.25, 0.3) is 5.69 Å². The van der Waals surface area contributed by atoms with Crippen LogP contribution in [-0.2, 0) is 9.59 Å². The quantitative estimate of drug-likeness (QED) is 0.468. The molecule has 0 aliphatic heterocycles. The minimum absolute atomic E-state index is 0.189. The van der Waals surface area contributed by atoms with E-state index in [1.165, 1.54) is 6.92 Å². The molecule has 2 amide bonds. The molecule has 2 aromatic rings. The SMILES string of the molecule is CC(=O)NCCNC(=O)C(=O)c1c(C)nn(-c2ccccc2)c1C. The average molecular weight is 328 g/mol. The lowest BCUT2D eigenvalue weighted by Gasteiger charge is -2.06. The molecule has 0 aliphatic rings. The first-order valence-electron chi connectivity index (χ1n) is 7.60. The van der Waals surface area contributed by atoms with Crippen LogP contribution >= 0.6 is 0 Å². The van der Waals surface area contributed by atoms with Gasteiger partial charge in [-0.3, -0.25) is 14.4 Å². The number of hydrogen-bond acceptors (Lipinski definition) is 4. The van der Waals surface area contributed by atoms with Gasteiger partial charge in [-0.2, -0.15) is 5.10 Å². The van der Waals surface area contributed by atoms with Crippen LogP contribution in [0, 0.1) is 13.8 Å². The number of nitrogens with zero attached hydrogens (tertiary/aromatic N) is 2. The zero-order chi connectivity index (χ0) is 17.7. The van der Waals surface area contributed by atoms with Crippen LogP contribution in [0.2, 0.25) is 0 Å². The molecule has 7 heteroatoms. The summed E-state index contributed by atoms with van der Waals surface area (Å²) < 4.78 is 1.65. The lowest BCUT2D eigenvalue weighted by molar-refractivity contribution is -0.119. The van der Waals surface area contributed by atoms with Crippen molar-refractivity contribution in [3.05, 3.63) is 47.3 Å². The molecular formula is C17H20N4O3. The minimum Gasteiger partial charge on any atom is -0.355 e. The Morgan fingerprint density at radius 1 is 1.04 bits per heavy atom. The minimum atomic E-state index is -0.709. The summed E-state index contributed by atoms with van der Waals surface area (Å²) in [7, 11) is 0. The number of nitrogens with one attached hydrogen (secondary N) is 2. The second kappa shape index (κ2) is 7.54. The number of Topliss-reactive ketones (excluding diaryl/α,β-unsaturated/α-hetero) is 1. The van der Waals surface area contributed by atoms with Crippen molar-refractivity contribution in [2.75, 3.05) is 13.1 Å². The van der Waals surface area contributed by atoms with Gasteiger partial charge in [0, 0.05) is 20.0 Å². The average Bonchev–Trinajstić information content (AvgIpc) is 2.86. The largest absolute Gasteiger partial charge is 0.355 e. The molecule has 1 aromatic heterocycles. The van der Waals surface area contributed by atoms with Crippen LogP contribution in [0.1, 0.15) is 28.7 Å². The fraction of sp³-hybridized carbons (Fsp3) is 0.294. The zero-order valence-electron chi connectivity index (χ0n) is 13.9. The van der Waals surface area contributed by atoms with Crippen molar-refractivity contribution in [2.24, 2.45) is 0 Å². The van der Waals surface area contributed by atoms with Crippen molar-refractivity contribution in [3.63, 3.8) is 0 Å². The zero-order valence-corrected chi connectivity index (χ0v) is 13.9. The van der Waals surface area contributed by atoms with Gasteiger partial charge in [0.05, 0.1) is 22.6 Å². The van der Waals surface area contributed by atoms with E-state index in [2.05, 4.69) is 15.7 Å². The predicted octanol–water partition coefficient (Wildman–Crippen LogP) is 0.924. The van der Waals surface area contributed by atoms with E-state index < -0.39 is 11.7 Å². The molecule has 0 atom stereocenters. The summed E-state index contributed by atoms with van der Waals surface area (Å²) in [5.74, 6) is -1.53. The van der Waals surface area contributed by atoms with Gasteiger partial charge in [-0.1, -0.05) is 18.2 Å². The van der Waals surface area contributed by atoms with E-state index in [1.807, 2.05) is 30.3 Å². The van der Waals surface area contributed by atoms with Gasteiger partial charge in [0.25, 0.3) is 11.7 Å². The Balaban J connectivity index is 2.14. The monoisotopic (exact) mass is 328 g/mol. The molecule has 0 aliphatic carbocycles. The molecule has 0 radical (unpaired) electrons. The highest BCUT2D eigenvalue weighted by atomic mass is 16.2. The van der Waals surface area contributed by atoms with Crippen molar-refractivity contribution in [1.29, 1.82) is 0 Å². The van der Waals surface area contributed by atoms with Crippen LogP contribution < -0.4 is 10.6 Å². The Hall–Kier alpha value is -2.96. The maximum Gasteiger partial charge on any atom is 0.292 e. The Kier molecular flexibility index (Phi) is 5.47. The molecule has 1 heterocycles. The number of rotatable bonds is 6. The van der Waals surface area contributed by atoms with Gasteiger partial charge in [0.2, 0.25) is 5.91 Å². The maximum absolute atomic E-state index is 12.4. The van der Waals surface area contributed by atoms with Gasteiger partial charge in [-0.15, -0.1) is 0 Å². The number of ketones is 1. The summed E-state index contributed by atoms with van der Waals surface area (Å²) in [6, 6.07) is 9.40. The van der Waals surface area contributed by atoms with Gasteiger partial charge in [0.1, 0.15) is 0 Å². The molecule has 0 saturated carbocycles. The van der Waals surface area contributed by atoms with Crippen LogP contribution in [0.4, 0.5) is 0 Å². The highest BCUT2D eigenvalue weighted by Crippen LogP contribution is 2.18. The third-order valence-electron chi connectivity index (χ3n) is 3.51. The predicted molar refractivity (Wildman–Crippen MR) is 89.1 cm³/mol. The summed E-state index contributed by atoms with van der Waals surface area (Å²) in [6.07, 6.45) is 0. The molecule has 0 fully saturated rings. The molecule has 2 N–H and O–H groups in total. The normalized spacial score (nSPS) is 10.3. The first kappa shape index (κ1) is 17.4. The number of hydrogen-bond donors (Lipinski definition) is 2. The fourth-order valence-electron chi connectivity index (χ4n) is 2.40. The van der Waals surface area contributed by atoms with E-state index >= 15 is 0 Å². The third kappa shape index (κ3) is 3.87. The number of benzene rings is 1. The highest BCUT2D eigenvalue weighted by Gasteiger charge is 2.24. The first-order valence-corrected chi connectivity index (χ1v) is 7.60. The van der Waals surface area contributed by atoms with E-state index in [9.17, 15) is 14.4 Å². The standard InChI is InChI=1S/C17H20N4O3/c1-11-15(16(23)17(24)19-10-9-18-13(3)22)12(2)21(20-11)14-7-5-4-6-8-14/h4-8H,9-10H2,1-3H3,(H,18,22)(H,19,24). The highest BCUT2D eigenvalue weighted by molar-refractivity contribution is 6.43.